The van der Waals surface area contributed by atoms with Gasteiger partial charge in [0.15, 0.2) is 0 Å². The Morgan fingerprint density at radius 3 is 2.75 bits per heavy atom. The van der Waals surface area contributed by atoms with Crippen LogP contribution in [0.2, 0.25) is 10.0 Å². The number of amides is 1. The van der Waals surface area contributed by atoms with E-state index in [4.69, 9.17) is 27.9 Å². The van der Waals surface area contributed by atoms with Gasteiger partial charge in [0.05, 0.1) is 47.4 Å². The molecule has 0 aliphatic carbocycles. The summed E-state index contributed by atoms with van der Waals surface area (Å²) in [6.07, 6.45) is 5.63. The summed E-state index contributed by atoms with van der Waals surface area (Å²) >= 11 is 11.9. The van der Waals surface area contributed by atoms with Gasteiger partial charge in [-0.05, 0) is 30.5 Å². The van der Waals surface area contributed by atoms with Crippen LogP contribution in [0.5, 0.6) is 0 Å². The predicted molar refractivity (Wildman–Crippen MR) is 93.1 cm³/mol. The van der Waals surface area contributed by atoms with Gasteiger partial charge in [0.2, 0.25) is 5.91 Å². The number of hydrogen-bond acceptors (Lipinski definition) is 3. The Morgan fingerprint density at radius 2 is 2.08 bits per heavy atom. The van der Waals surface area contributed by atoms with Gasteiger partial charge in [0.1, 0.15) is 0 Å². The van der Waals surface area contributed by atoms with Gasteiger partial charge in [-0.3, -0.25) is 4.79 Å². The number of imidazole rings is 1. The number of aromatic amines is 1. The predicted octanol–water partition coefficient (Wildman–Crippen LogP) is 3.47. The topological polar surface area (TPSA) is 58.2 Å². The first-order valence-electron chi connectivity index (χ1n) is 7.92. The molecule has 1 aromatic carbocycles. The summed E-state index contributed by atoms with van der Waals surface area (Å²) in [5.74, 6) is 0.111. The average molecular weight is 368 g/mol. The molecule has 2 aromatic rings. The van der Waals surface area contributed by atoms with E-state index < -0.39 is 0 Å². The summed E-state index contributed by atoms with van der Waals surface area (Å²) < 4.78 is 5.86. The number of H-pyrrole nitrogens is 1. The van der Waals surface area contributed by atoms with Crippen molar-refractivity contribution < 1.29 is 9.53 Å². The molecule has 3 rings (SSSR count). The molecule has 7 heteroatoms. The van der Waals surface area contributed by atoms with Crippen LogP contribution in [0.15, 0.2) is 30.7 Å². The van der Waals surface area contributed by atoms with Gasteiger partial charge in [-0.2, -0.15) is 0 Å². The highest BCUT2D eigenvalue weighted by Crippen LogP contribution is 2.23. The summed E-state index contributed by atoms with van der Waals surface area (Å²) in [5.41, 5.74) is 1.85. The summed E-state index contributed by atoms with van der Waals surface area (Å²) in [7, 11) is 0. The molecule has 2 heterocycles. The second-order valence-corrected chi connectivity index (χ2v) is 6.71. The monoisotopic (exact) mass is 367 g/mol. The molecule has 0 atom stereocenters. The molecular formula is C17H19Cl2N3O2. The number of ether oxygens (including phenoxy) is 1. The minimum absolute atomic E-state index is 0.111. The zero-order valence-electron chi connectivity index (χ0n) is 13.2. The molecule has 1 aromatic heterocycles. The molecule has 1 amide bonds. The number of aromatic nitrogens is 2. The van der Waals surface area contributed by atoms with Crippen molar-refractivity contribution in [3.63, 3.8) is 0 Å². The Morgan fingerprint density at radius 1 is 1.29 bits per heavy atom. The minimum atomic E-state index is 0.111. The highest BCUT2D eigenvalue weighted by Gasteiger charge is 2.23. The number of likely N-dealkylation sites (tertiary alicyclic amines) is 1. The molecule has 1 aliphatic rings. The first-order chi connectivity index (χ1) is 11.6. The smallest absolute Gasteiger partial charge is 0.226 e. The van der Waals surface area contributed by atoms with E-state index in [0.29, 0.717) is 36.2 Å². The number of halogens is 2. The first kappa shape index (κ1) is 17.3. The SMILES string of the molecule is O=C(Cc1ccc(Cl)c(Cl)c1)N1CCC(OCc2cnc[nH]2)CC1. The van der Waals surface area contributed by atoms with E-state index in [9.17, 15) is 4.79 Å². The Balaban J connectivity index is 1.45. The molecule has 0 saturated carbocycles. The number of rotatable bonds is 5. The normalized spacial score (nSPS) is 15.7. The number of hydrogen-bond donors (Lipinski definition) is 1. The standard InChI is InChI=1S/C17H19Cl2N3O2/c18-15-2-1-12(7-16(15)19)8-17(23)22-5-3-14(4-6-22)24-10-13-9-20-11-21-13/h1-2,7,9,11,14H,3-6,8,10H2,(H,20,21). The van der Waals surface area contributed by atoms with Crippen molar-refractivity contribution in [1.29, 1.82) is 0 Å². The van der Waals surface area contributed by atoms with Crippen molar-refractivity contribution in [3.8, 4) is 0 Å². The molecule has 1 saturated heterocycles. The van der Waals surface area contributed by atoms with Crippen molar-refractivity contribution in [2.24, 2.45) is 0 Å². The molecule has 5 nitrogen and oxygen atoms in total. The molecular weight excluding hydrogens is 349 g/mol. The van der Waals surface area contributed by atoms with Crippen molar-refractivity contribution in [2.45, 2.75) is 32.0 Å². The Labute approximate surface area is 150 Å². The van der Waals surface area contributed by atoms with E-state index in [-0.39, 0.29) is 12.0 Å². The average Bonchev–Trinajstić information content (AvgIpc) is 3.10. The lowest BCUT2D eigenvalue weighted by Gasteiger charge is -2.32. The maximum Gasteiger partial charge on any atom is 0.226 e. The van der Waals surface area contributed by atoms with Crippen LogP contribution in [0, 0.1) is 0 Å². The van der Waals surface area contributed by atoms with Crippen LogP contribution in [-0.2, 0) is 22.6 Å². The lowest BCUT2D eigenvalue weighted by Crippen LogP contribution is -2.41. The summed E-state index contributed by atoms with van der Waals surface area (Å²) in [6.45, 7) is 1.96. The fraction of sp³-hybridized carbons (Fsp3) is 0.412. The Kier molecular flexibility index (Phi) is 5.76. The van der Waals surface area contributed by atoms with E-state index in [1.165, 1.54) is 0 Å². The van der Waals surface area contributed by atoms with Crippen LogP contribution in [0.25, 0.3) is 0 Å². The second-order valence-electron chi connectivity index (χ2n) is 5.89. The molecule has 0 bridgehead atoms. The minimum Gasteiger partial charge on any atom is -0.372 e. The van der Waals surface area contributed by atoms with Crippen molar-refractivity contribution >= 4 is 29.1 Å². The fourth-order valence-electron chi connectivity index (χ4n) is 2.78. The number of piperidine rings is 1. The third kappa shape index (κ3) is 4.50. The molecule has 0 radical (unpaired) electrons. The lowest BCUT2D eigenvalue weighted by atomic mass is 10.1. The maximum atomic E-state index is 12.4. The number of benzene rings is 1. The molecule has 1 N–H and O–H groups in total. The maximum absolute atomic E-state index is 12.4. The highest BCUT2D eigenvalue weighted by molar-refractivity contribution is 6.42. The number of carbonyl (C=O) groups is 1. The van der Waals surface area contributed by atoms with Crippen LogP contribution in [-0.4, -0.2) is 40.0 Å². The Bertz CT molecular complexity index is 683. The van der Waals surface area contributed by atoms with E-state index in [0.717, 1.165) is 24.1 Å². The number of carbonyl (C=O) groups excluding carboxylic acids is 1. The zero-order valence-corrected chi connectivity index (χ0v) is 14.7. The molecule has 0 spiro atoms. The molecule has 128 valence electrons. The second kappa shape index (κ2) is 8.01. The van der Waals surface area contributed by atoms with Gasteiger partial charge in [0, 0.05) is 13.1 Å². The molecule has 0 unspecified atom stereocenters. The number of nitrogens with zero attached hydrogens (tertiary/aromatic N) is 2. The molecule has 24 heavy (non-hydrogen) atoms. The van der Waals surface area contributed by atoms with E-state index in [1.54, 1.807) is 24.7 Å². The van der Waals surface area contributed by atoms with Crippen molar-refractivity contribution in [3.05, 3.63) is 52.0 Å². The third-order valence-electron chi connectivity index (χ3n) is 4.16. The van der Waals surface area contributed by atoms with Gasteiger partial charge in [-0.1, -0.05) is 29.3 Å². The van der Waals surface area contributed by atoms with E-state index >= 15 is 0 Å². The third-order valence-corrected chi connectivity index (χ3v) is 4.90. The van der Waals surface area contributed by atoms with Crippen LogP contribution in [0.1, 0.15) is 24.1 Å². The van der Waals surface area contributed by atoms with E-state index in [2.05, 4.69) is 9.97 Å². The lowest BCUT2D eigenvalue weighted by molar-refractivity contribution is -0.133. The van der Waals surface area contributed by atoms with Crippen LogP contribution >= 0.6 is 23.2 Å². The Hall–Kier alpha value is -1.56. The first-order valence-corrected chi connectivity index (χ1v) is 8.68. The summed E-state index contributed by atoms with van der Waals surface area (Å²) in [5, 5.41) is 0.982. The van der Waals surface area contributed by atoms with Gasteiger partial charge in [-0.15, -0.1) is 0 Å². The van der Waals surface area contributed by atoms with Gasteiger partial charge in [-0.25, -0.2) is 4.98 Å². The quantitative estimate of drug-likeness (QED) is 0.879. The zero-order chi connectivity index (χ0) is 16.9. The van der Waals surface area contributed by atoms with E-state index in [1.807, 2.05) is 11.0 Å². The van der Waals surface area contributed by atoms with Crippen molar-refractivity contribution in [1.82, 2.24) is 14.9 Å². The van der Waals surface area contributed by atoms with Crippen LogP contribution in [0.4, 0.5) is 0 Å². The largest absolute Gasteiger partial charge is 0.372 e. The number of nitrogens with one attached hydrogen (secondary N) is 1. The summed E-state index contributed by atoms with van der Waals surface area (Å²) in [4.78, 5) is 21.3. The van der Waals surface area contributed by atoms with Crippen LogP contribution in [0.3, 0.4) is 0 Å². The summed E-state index contributed by atoms with van der Waals surface area (Å²) in [6, 6.07) is 5.32. The van der Waals surface area contributed by atoms with Crippen molar-refractivity contribution in [2.75, 3.05) is 13.1 Å². The molecule has 1 fully saturated rings. The van der Waals surface area contributed by atoms with Gasteiger partial charge < -0.3 is 14.6 Å². The molecule has 1 aliphatic heterocycles. The fourth-order valence-corrected chi connectivity index (χ4v) is 3.10. The van der Waals surface area contributed by atoms with Crippen LogP contribution < -0.4 is 0 Å². The highest BCUT2D eigenvalue weighted by atomic mass is 35.5. The van der Waals surface area contributed by atoms with Gasteiger partial charge >= 0.3 is 0 Å². The van der Waals surface area contributed by atoms with Gasteiger partial charge in [0.25, 0.3) is 0 Å².